The van der Waals surface area contributed by atoms with E-state index in [4.69, 9.17) is 4.74 Å². The van der Waals surface area contributed by atoms with Gasteiger partial charge in [-0.3, -0.25) is 0 Å². The average Bonchev–Trinajstić information content (AvgIpc) is 2.27. The van der Waals surface area contributed by atoms with Crippen molar-refractivity contribution in [3.8, 4) is 0 Å². The first-order valence-electron chi connectivity index (χ1n) is 5.20. The quantitative estimate of drug-likeness (QED) is 0.768. The zero-order chi connectivity index (χ0) is 11.1. The van der Waals surface area contributed by atoms with Crippen LogP contribution in [0.4, 0.5) is 0 Å². The molecule has 1 rings (SSSR count). The van der Waals surface area contributed by atoms with Crippen molar-refractivity contribution >= 4 is 10.1 Å². The summed E-state index contributed by atoms with van der Waals surface area (Å²) in [5, 5.41) is 0. The molecule has 0 aliphatic heterocycles. The summed E-state index contributed by atoms with van der Waals surface area (Å²) >= 11 is 2.93. The van der Waals surface area contributed by atoms with Crippen molar-refractivity contribution in [2.45, 2.75) is 20.3 Å². The van der Waals surface area contributed by atoms with Gasteiger partial charge in [-0.05, 0) is 0 Å². The SMILES string of the molecule is CCO[C](=[Cr])/C=C(\CC)c1ccccc1. The van der Waals surface area contributed by atoms with E-state index in [9.17, 15) is 0 Å². The number of hydrogen-bond donors (Lipinski definition) is 0. The number of rotatable bonds is 5. The molecule has 0 N–H and O–H groups in total. The molecule has 0 saturated carbocycles. The van der Waals surface area contributed by atoms with Gasteiger partial charge in [0.05, 0.1) is 0 Å². The van der Waals surface area contributed by atoms with E-state index in [0.29, 0.717) is 6.61 Å². The van der Waals surface area contributed by atoms with Crippen LogP contribution in [0.15, 0.2) is 36.4 Å². The Labute approximate surface area is 99.7 Å². The Balaban J connectivity index is 2.84. The summed E-state index contributed by atoms with van der Waals surface area (Å²) in [7, 11) is 0. The first kappa shape index (κ1) is 12.4. The van der Waals surface area contributed by atoms with Gasteiger partial charge in [0.15, 0.2) is 0 Å². The molecule has 1 aromatic rings. The van der Waals surface area contributed by atoms with Gasteiger partial charge in [0, 0.05) is 0 Å². The summed E-state index contributed by atoms with van der Waals surface area (Å²) < 4.78 is 6.24. The molecule has 0 spiro atoms. The van der Waals surface area contributed by atoms with Crippen molar-refractivity contribution in [2.75, 3.05) is 6.61 Å². The third kappa shape index (κ3) is 4.14. The molecular weight excluding hydrogens is 224 g/mol. The first-order chi connectivity index (χ1) is 7.27. The van der Waals surface area contributed by atoms with Crippen molar-refractivity contribution in [3.05, 3.63) is 42.0 Å². The van der Waals surface area contributed by atoms with Crippen molar-refractivity contribution < 1.29 is 20.6 Å². The van der Waals surface area contributed by atoms with Crippen LogP contribution in [-0.2, 0) is 20.6 Å². The van der Waals surface area contributed by atoms with Gasteiger partial charge < -0.3 is 0 Å². The zero-order valence-corrected chi connectivity index (χ0v) is 10.5. The van der Waals surface area contributed by atoms with Crippen molar-refractivity contribution in [3.63, 3.8) is 0 Å². The number of benzene rings is 1. The molecule has 0 radical (unpaired) electrons. The van der Waals surface area contributed by atoms with Crippen molar-refractivity contribution in [2.24, 2.45) is 0 Å². The zero-order valence-electron chi connectivity index (χ0n) is 9.19. The summed E-state index contributed by atoms with van der Waals surface area (Å²) in [5.41, 5.74) is 2.55. The third-order valence-corrected chi connectivity index (χ3v) is 2.47. The molecule has 0 heterocycles. The number of ether oxygens (including phenoxy) is 1. The Morgan fingerprint density at radius 3 is 2.47 bits per heavy atom. The molecule has 1 aromatic carbocycles. The van der Waals surface area contributed by atoms with E-state index < -0.39 is 0 Å². The van der Waals surface area contributed by atoms with Gasteiger partial charge in [-0.2, -0.15) is 0 Å². The number of allylic oxidation sites excluding steroid dienone is 1. The summed E-state index contributed by atoms with van der Waals surface area (Å²) in [5.74, 6) is 0. The third-order valence-electron chi connectivity index (χ3n) is 2.10. The van der Waals surface area contributed by atoms with Gasteiger partial charge in [-0.25, -0.2) is 0 Å². The van der Waals surface area contributed by atoms with E-state index in [1.54, 1.807) is 0 Å². The molecule has 0 aliphatic carbocycles. The minimum atomic E-state index is 0.699. The van der Waals surface area contributed by atoms with E-state index in [2.05, 4.69) is 53.1 Å². The standard InChI is InChI=1S/C13H16O.Cr/c1-3-12(10-11-14-4-2)13-8-6-5-7-9-13;/h5-10H,3-4H2,1-2H3;/b12-10+;. The van der Waals surface area contributed by atoms with Gasteiger partial charge in [0.1, 0.15) is 0 Å². The first-order valence-corrected chi connectivity index (χ1v) is 5.84. The van der Waals surface area contributed by atoms with Crippen LogP contribution in [0.5, 0.6) is 0 Å². The van der Waals surface area contributed by atoms with Crippen LogP contribution in [-0.4, -0.2) is 11.2 Å². The van der Waals surface area contributed by atoms with Crippen molar-refractivity contribution in [1.82, 2.24) is 0 Å². The fraction of sp³-hybridized carbons (Fsp3) is 0.308. The monoisotopic (exact) mass is 240 g/mol. The molecule has 15 heavy (non-hydrogen) atoms. The predicted octanol–water partition coefficient (Wildman–Crippen LogP) is 3.19. The Morgan fingerprint density at radius 1 is 1.27 bits per heavy atom. The van der Waals surface area contributed by atoms with E-state index in [-0.39, 0.29) is 0 Å². The molecule has 0 aliphatic rings. The Kier molecular flexibility index (Phi) is 5.57. The molecular formula is C13H16CrO. The Hall–Kier alpha value is -0.678. The van der Waals surface area contributed by atoms with Gasteiger partial charge in [-0.15, -0.1) is 0 Å². The van der Waals surface area contributed by atoms with E-state index in [1.807, 2.05) is 13.0 Å². The minimum absolute atomic E-state index is 0.699. The van der Waals surface area contributed by atoms with Crippen LogP contribution >= 0.6 is 0 Å². The maximum absolute atomic E-state index is 5.38. The summed E-state index contributed by atoms with van der Waals surface area (Å²) in [4.78, 5) is 0. The maximum atomic E-state index is 5.38. The molecule has 2 heteroatoms. The topological polar surface area (TPSA) is 9.23 Å². The second-order valence-corrected chi connectivity index (χ2v) is 3.77. The van der Waals surface area contributed by atoms with Crippen LogP contribution in [0, 0.1) is 0 Å². The van der Waals surface area contributed by atoms with E-state index in [0.717, 1.165) is 11.0 Å². The van der Waals surface area contributed by atoms with Gasteiger partial charge in [0.2, 0.25) is 0 Å². The molecule has 0 saturated heterocycles. The molecule has 0 bridgehead atoms. The van der Waals surface area contributed by atoms with E-state index in [1.165, 1.54) is 11.1 Å². The van der Waals surface area contributed by atoms with Crippen LogP contribution in [0.25, 0.3) is 5.57 Å². The Morgan fingerprint density at radius 2 is 1.93 bits per heavy atom. The fourth-order valence-electron chi connectivity index (χ4n) is 1.37. The molecule has 80 valence electrons. The second-order valence-electron chi connectivity index (χ2n) is 3.14. The second kappa shape index (κ2) is 6.74. The Bertz CT molecular complexity index is 341. The molecule has 1 nitrogen and oxygen atoms in total. The van der Waals surface area contributed by atoms with Crippen LogP contribution in [0.3, 0.4) is 0 Å². The van der Waals surface area contributed by atoms with Crippen LogP contribution in [0.1, 0.15) is 25.8 Å². The van der Waals surface area contributed by atoms with Gasteiger partial charge in [-0.1, -0.05) is 0 Å². The van der Waals surface area contributed by atoms with Crippen molar-refractivity contribution in [1.29, 1.82) is 0 Å². The molecule has 0 amide bonds. The van der Waals surface area contributed by atoms with Crippen LogP contribution in [0.2, 0.25) is 0 Å². The predicted molar refractivity (Wildman–Crippen MR) is 61.3 cm³/mol. The molecule has 0 atom stereocenters. The van der Waals surface area contributed by atoms with Gasteiger partial charge in [0.25, 0.3) is 0 Å². The molecule has 0 unspecified atom stereocenters. The summed E-state index contributed by atoms with van der Waals surface area (Å²) in [6.07, 6.45) is 3.07. The number of hydrogen-bond acceptors (Lipinski definition) is 1. The molecule has 0 aromatic heterocycles. The van der Waals surface area contributed by atoms with E-state index >= 15 is 0 Å². The van der Waals surface area contributed by atoms with Gasteiger partial charge >= 0.3 is 99.6 Å². The summed E-state index contributed by atoms with van der Waals surface area (Å²) in [6, 6.07) is 10.4. The normalized spacial score (nSPS) is 11.5. The average molecular weight is 240 g/mol. The van der Waals surface area contributed by atoms with Crippen LogP contribution < -0.4 is 0 Å². The fourth-order valence-corrected chi connectivity index (χ4v) is 1.77. The summed E-state index contributed by atoms with van der Waals surface area (Å²) in [6.45, 7) is 4.84. The molecule has 0 fully saturated rings.